The topological polar surface area (TPSA) is 0 Å². The number of fused-ring (bicyclic) bond motifs is 1. The first-order chi connectivity index (χ1) is 6.69. The van der Waals surface area contributed by atoms with E-state index in [1.165, 1.54) is 24.8 Å². The van der Waals surface area contributed by atoms with Crippen LogP contribution in [0.4, 0.5) is 0 Å². The molecule has 0 spiro atoms. The van der Waals surface area contributed by atoms with Gasteiger partial charge in [0.25, 0.3) is 0 Å². The molecule has 74 valence electrons. The Hall–Kier alpha value is 0.180. The van der Waals surface area contributed by atoms with Crippen LogP contribution in [-0.2, 0) is 5.41 Å². The van der Waals surface area contributed by atoms with Crippen LogP contribution in [0.1, 0.15) is 24.8 Å². The monoisotopic (exact) mass is 314 g/mol. The van der Waals surface area contributed by atoms with Gasteiger partial charge < -0.3 is 0 Å². The normalized spacial score (nSPS) is 38.0. The zero-order valence-electron chi connectivity index (χ0n) is 7.84. The van der Waals surface area contributed by atoms with Crippen molar-refractivity contribution in [2.24, 2.45) is 5.92 Å². The van der Waals surface area contributed by atoms with Crippen LogP contribution in [0.2, 0.25) is 0 Å². The van der Waals surface area contributed by atoms with Crippen molar-refractivity contribution >= 4 is 31.9 Å². The van der Waals surface area contributed by atoms with Crippen molar-refractivity contribution < 1.29 is 0 Å². The minimum absolute atomic E-state index is 0.187. The summed E-state index contributed by atoms with van der Waals surface area (Å²) in [6.07, 6.45) is 4.04. The zero-order chi connectivity index (χ0) is 9.81. The molecule has 14 heavy (non-hydrogen) atoms. The Balaban J connectivity index is 2.07. The minimum Gasteiger partial charge on any atom is -0.0714 e. The fourth-order valence-corrected chi connectivity index (χ4v) is 5.58. The van der Waals surface area contributed by atoms with Gasteiger partial charge in [-0.1, -0.05) is 68.6 Å². The molecule has 0 N–H and O–H groups in total. The highest BCUT2D eigenvalue weighted by Crippen LogP contribution is 2.78. The lowest BCUT2D eigenvalue weighted by molar-refractivity contribution is 0.656. The molecule has 2 atom stereocenters. The Morgan fingerprint density at radius 1 is 1.14 bits per heavy atom. The number of rotatable bonds is 1. The van der Waals surface area contributed by atoms with E-state index in [0.717, 1.165) is 5.92 Å². The first kappa shape index (κ1) is 9.41. The molecule has 0 amide bonds. The average molecular weight is 316 g/mol. The molecule has 0 aliphatic heterocycles. The molecule has 0 radical (unpaired) electrons. The number of hydrogen-bond acceptors (Lipinski definition) is 0. The molecular formula is C12H12Br2. The van der Waals surface area contributed by atoms with Crippen molar-refractivity contribution in [1.82, 2.24) is 0 Å². The van der Waals surface area contributed by atoms with E-state index >= 15 is 0 Å². The fourth-order valence-electron chi connectivity index (χ4n) is 3.16. The van der Waals surface area contributed by atoms with Crippen LogP contribution in [0, 0.1) is 5.92 Å². The average Bonchev–Trinajstić information content (AvgIpc) is 2.57. The molecule has 2 aliphatic rings. The summed E-state index contributed by atoms with van der Waals surface area (Å²) in [6.45, 7) is 0. The van der Waals surface area contributed by atoms with Crippen LogP contribution in [-0.4, -0.2) is 3.23 Å². The quantitative estimate of drug-likeness (QED) is 0.681. The van der Waals surface area contributed by atoms with Crippen molar-refractivity contribution in [3.05, 3.63) is 35.9 Å². The van der Waals surface area contributed by atoms with Crippen molar-refractivity contribution in [2.45, 2.75) is 27.9 Å². The Morgan fingerprint density at radius 3 is 2.43 bits per heavy atom. The second kappa shape index (κ2) is 2.85. The lowest BCUT2D eigenvalue weighted by atomic mass is 9.93. The van der Waals surface area contributed by atoms with Crippen molar-refractivity contribution in [2.75, 3.05) is 0 Å². The summed E-state index contributed by atoms with van der Waals surface area (Å²) < 4.78 is 0.187. The van der Waals surface area contributed by atoms with Gasteiger partial charge in [-0.2, -0.15) is 0 Å². The molecule has 2 saturated carbocycles. The molecule has 2 fully saturated rings. The molecule has 1 aromatic carbocycles. The summed E-state index contributed by atoms with van der Waals surface area (Å²) in [5.74, 6) is 0.789. The van der Waals surface area contributed by atoms with Crippen molar-refractivity contribution in [3.8, 4) is 0 Å². The third kappa shape index (κ3) is 0.943. The lowest BCUT2D eigenvalue weighted by Crippen LogP contribution is -2.12. The Kier molecular flexibility index (Phi) is 1.92. The number of alkyl halides is 2. The Labute approximate surface area is 101 Å². The van der Waals surface area contributed by atoms with Gasteiger partial charge in [-0.15, -0.1) is 0 Å². The minimum atomic E-state index is 0.187. The molecule has 2 heteroatoms. The largest absolute Gasteiger partial charge is 0.0942 e. The van der Waals surface area contributed by atoms with Gasteiger partial charge in [0.2, 0.25) is 0 Å². The molecular weight excluding hydrogens is 304 g/mol. The highest BCUT2D eigenvalue weighted by Gasteiger charge is 2.76. The third-order valence-corrected chi connectivity index (χ3v) is 6.42. The van der Waals surface area contributed by atoms with Crippen LogP contribution in [0.15, 0.2) is 30.3 Å². The zero-order valence-corrected chi connectivity index (χ0v) is 11.0. The van der Waals surface area contributed by atoms with E-state index < -0.39 is 0 Å². The molecule has 0 bridgehead atoms. The second-order valence-electron chi connectivity index (χ2n) is 4.41. The van der Waals surface area contributed by atoms with Crippen LogP contribution in [0.25, 0.3) is 0 Å². The molecule has 1 aromatic rings. The summed E-state index contributed by atoms with van der Waals surface area (Å²) in [4.78, 5) is 0. The highest BCUT2D eigenvalue weighted by molar-refractivity contribution is 9.25. The summed E-state index contributed by atoms with van der Waals surface area (Å²) >= 11 is 7.68. The fraction of sp³-hybridized carbons (Fsp3) is 0.500. The lowest BCUT2D eigenvalue weighted by Gasteiger charge is -2.16. The maximum atomic E-state index is 3.84. The van der Waals surface area contributed by atoms with Gasteiger partial charge in [-0.05, 0) is 24.3 Å². The van der Waals surface area contributed by atoms with E-state index in [1.54, 1.807) is 0 Å². The smallest absolute Gasteiger partial charge is 0.0714 e. The Bertz CT molecular complexity index is 358. The van der Waals surface area contributed by atoms with E-state index in [9.17, 15) is 0 Å². The first-order valence-electron chi connectivity index (χ1n) is 5.13. The van der Waals surface area contributed by atoms with E-state index in [4.69, 9.17) is 0 Å². The molecule has 0 nitrogen and oxygen atoms in total. The van der Waals surface area contributed by atoms with Gasteiger partial charge in [0, 0.05) is 5.41 Å². The number of hydrogen-bond donors (Lipinski definition) is 0. The predicted molar refractivity (Wildman–Crippen MR) is 66.0 cm³/mol. The SMILES string of the molecule is BrC1(Br)C2CCCC21c1ccccc1. The third-order valence-electron chi connectivity index (χ3n) is 3.90. The van der Waals surface area contributed by atoms with Gasteiger partial charge in [-0.3, -0.25) is 0 Å². The molecule has 2 unspecified atom stereocenters. The van der Waals surface area contributed by atoms with Crippen LogP contribution in [0.3, 0.4) is 0 Å². The van der Waals surface area contributed by atoms with Gasteiger partial charge >= 0.3 is 0 Å². The maximum absolute atomic E-state index is 3.84. The number of halogens is 2. The van der Waals surface area contributed by atoms with E-state index in [0.29, 0.717) is 5.41 Å². The second-order valence-corrected chi connectivity index (χ2v) is 7.97. The maximum Gasteiger partial charge on any atom is 0.0942 e. The summed E-state index contributed by atoms with van der Waals surface area (Å²) in [7, 11) is 0. The van der Waals surface area contributed by atoms with Gasteiger partial charge in [0.05, 0.1) is 3.23 Å². The highest BCUT2D eigenvalue weighted by atomic mass is 79.9. The standard InChI is InChI=1S/C12H12Br2/c13-12(14)10-7-4-8-11(10,12)9-5-2-1-3-6-9/h1-3,5-6,10H,4,7-8H2. The van der Waals surface area contributed by atoms with Crippen molar-refractivity contribution in [3.63, 3.8) is 0 Å². The van der Waals surface area contributed by atoms with E-state index in [-0.39, 0.29) is 3.23 Å². The van der Waals surface area contributed by atoms with Crippen molar-refractivity contribution in [1.29, 1.82) is 0 Å². The van der Waals surface area contributed by atoms with Gasteiger partial charge in [-0.25, -0.2) is 0 Å². The van der Waals surface area contributed by atoms with Gasteiger partial charge in [0.1, 0.15) is 0 Å². The number of benzene rings is 1. The Morgan fingerprint density at radius 2 is 1.86 bits per heavy atom. The molecule has 0 saturated heterocycles. The summed E-state index contributed by atoms with van der Waals surface area (Å²) in [5.41, 5.74) is 1.88. The molecule has 0 aromatic heterocycles. The first-order valence-corrected chi connectivity index (χ1v) is 6.71. The van der Waals surface area contributed by atoms with E-state index in [1.807, 2.05) is 0 Å². The van der Waals surface area contributed by atoms with Crippen LogP contribution >= 0.6 is 31.9 Å². The predicted octanol–water partition coefficient (Wildman–Crippen LogP) is 4.22. The van der Waals surface area contributed by atoms with E-state index in [2.05, 4.69) is 62.2 Å². The van der Waals surface area contributed by atoms with Crippen LogP contribution in [0.5, 0.6) is 0 Å². The summed E-state index contributed by atoms with van der Waals surface area (Å²) in [5, 5.41) is 0. The molecule has 0 heterocycles. The van der Waals surface area contributed by atoms with Crippen LogP contribution < -0.4 is 0 Å². The molecule has 3 rings (SSSR count). The van der Waals surface area contributed by atoms with Gasteiger partial charge in [0.15, 0.2) is 0 Å². The molecule has 2 aliphatic carbocycles. The summed E-state index contributed by atoms with van der Waals surface area (Å²) in [6, 6.07) is 10.9.